The zero-order chi connectivity index (χ0) is 24.8. The Morgan fingerprint density at radius 3 is 2.48 bits per heavy atom. The van der Waals surface area contributed by atoms with Crippen molar-refractivity contribution in [1.29, 1.82) is 0 Å². The second-order valence-corrected chi connectivity index (χ2v) is 11.8. The van der Waals surface area contributed by atoms with E-state index in [2.05, 4.69) is 20.8 Å². The predicted molar refractivity (Wildman–Crippen MR) is 128 cm³/mol. The van der Waals surface area contributed by atoms with E-state index in [-0.39, 0.29) is 40.2 Å². The summed E-state index contributed by atoms with van der Waals surface area (Å²) in [5, 5.41) is 8.95. The molecule has 0 amide bonds. The summed E-state index contributed by atoms with van der Waals surface area (Å²) in [6, 6.07) is 0. The topological polar surface area (TPSA) is 88.5 Å². The van der Waals surface area contributed by atoms with E-state index < -0.39 is 11.4 Å². The molecule has 3 aliphatic carbocycles. The highest BCUT2D eigenvalue weighted by Gasteiger charge is 2.60. The summed E-state index contributed by atoms with van der Waals surface area (Å²) >= 11 is 0. The van der Waals surface area contributed by atoms with Gasteiger partial charge >= 0.3 is 5.97 Å². The van der Waals surface area contributed by atoms with Gasteiger partial charge in [-0.2, -0.15) is 0 Å². The second kappa shape index (κ2) is 8.96. The van der Waals surface area contributed by atoms with Gasteiger partial charge in [0.1, 0.15) is 11.6 Å². The number of allylic oxidation sites excluding steroid dienone is 3. The molecule has 33 heavy (non-hydrogen) atoms. The fourth-order valence-corrected chi connectivity index (χ4v) is 6.90. The fraction of sp³-hybridized carbons (Fsp3) is 0.714. The van der Waals surface area contributed by atoms with Crippen molar-refractivity contribution in [1.82, 2.24) is 0 Å². The van der Waals surface area contributed by atoms with Crippen LogP contribution >= 0.6 is 0 Å². The second-order valence-electron chi connectivity index (χ2n) is 11.8. The Hall–Kier alpha value is -2.04. The maximum absolute atomic E-state index is 13.3. The zero-order valence-electron chi connectivity index (χ0n) is 21.1. The number of fused-ring (bicyclic) bond motifs is 3. The molecule has 1 N–H and O–H groups in total. The van der Waals surface area contributed by atoms with Crippen molar-refractivity contribution in [2.45, 2.75) is 92.9 Å². The minimum Gasteiger partial charge on any atom is -0.478 e. The number of hydrogen-bond acceptors (Lipinski definition) is 4. The number of rotatable bonds is 8. The molecule has 2 fully saturated rings. The molecule has 2 saturated carbocycles. The summed E-state index contributed by atoms with van der Waals surface area (Å²) in [4.78, 5) is 49.6. The van der Waals surface area contributed by atoms with Gasteiger partial charge in [0.2, 0.25) is 0 Å². The van der Waals surface area contributed by atoms with Gasteiger partial charge in [-0.1, -0.05) is 46.3 Å². The lowest BCUT2D eigenvalue weighted by Gasteiger charge is -2.56. The van der Waals surface area contributed by atoms with Crippen molar-refractivity contribution in [2.75, 3.05) is 0 Å². The maximum Gasteiger partial charge on any atom is 0.330 e. The number of carboxylic acids is 1. The zero-order valence-corrected chi connectivity index (χ0v) is 21.1. The van der Waals surface area contributed by atoms with Gasteiger partial charge in [0.25, 0.3) is 0 Å². The van der Waals surface area contributed by atoms with Gasteiger partial charge in [0.15, 0.2) is 5.78 Å². The van der Waals surface area contributed by atoms with Crippen molar-refractivity contribution in [3.8, 4) is 0 Å². The molecule has 0 bridgehead atoms. The molecular formula is C28H40O5. The standard InChI is InChI=1S/C28H40O5/c1-17(8-7-9-18(2)25(32)33)21(29)12-14-28(6)19-10-11-22-26(3,4)23(30)13-15-27(22,5)20(19)16-24(28)31/h9,16-17,19,22H,7-8,10-15H2,1-6H3,(H,32,33)/t17-,19-,22+,27-,28+/m1/s1. The molecule has 0 unspecified atom stereocenters. The molecule has 0 aromatic carbocycles. The summed E-state index contributed by atoms with van der Waals surface area (Å²) in [7, 11) is 0. The number of carboxylic acid groups (broad SMARTS) is 1. The molecule has 0 radical (unpaired) electrons. The van der Waals surface area contributed by atoms with Gasteiger partial charge in [-0.3, -0.25) is 14.4 Å². The van der Waals surface area contributed by atoms with Gasteiger partial charge in [0, 0.05) is 35.2 Å². The minimum atomic E-state index is -0.931. The molecule has 0 heterocycles. The minimum absolute atomic E-state index is 0.126. The van der Waals surface area contributed by atoms with Crippen LogP contribution in [-0.4, -0.2) is 28.4 Å². The SMILES string of the molecule is CC(=CCC[C@@H](C)C(=O)CC[C@]1(C)C(=O)C=C2[C@H]1CC[C@H]1C(C)(C)C(=O)CC[C@]21C)C(=O)O. The predicted octanol–water partition coefficient (Wildman–Crippen LogP) is 5.72. The average Bonchev–Trinajstić information content (AvgIpc) is 3.01. The van der Waals surface area contributed by atoms with Gasteiger partial charge in [-0.15, -0.1) is 0 Å². The van der Waals surface area contributed by atoms with E-state index >= 15 is 0 Å². The number of hydrogen-bond donors (Lipinski definition) is 1. The first-order chi connectivity index (χ1) is 15.2. The smallest absolute Gasteiger partial charge is 0.330 e. The van der Waals surface area contributed by atoms with Crippen LogP contribution in [0.3, 0.4) is 0 Å². The van der Waals surface area contributed by atoms with Crippen LogP contribution in [0.5, 0.6) is 0 Å². The van der Waals surface area contributed by atoms with E-state index in [0.717, 1.165) is 19.3 Å². The third kappa shape index (κ3) is 4.40. The van der Waals surface area contributed by atoms with Gasteiger partial charge in [-0.05, 0) is 68.8 Å². The quantitative estimate of drug-likeness (QED) is 0.472. The van der Waals surface area contributed by atoms with Crippen LogP contribution in [0.1, 0.15) is 92.9 Å². The number of Topliss-reactive ketones (excluding diaryl/α,β-unsaturated/α-hetero) is 2. The van der Waals surface area contributed by atoms with E-state index in [1.165, 1.54) is 5.57 Å². The maximum atomic E-state index is 13.3. The summed E-state index contributed by atoms with van der Waals surface area (Å²) in [6.45, 7) is 11.9. The Morgan fingerprint density at radius 2 is 1.85 bits per heavy atom. The highest BCUT2D eigenvalue weighted by molar-refractivity contribution is 5.99. The molecule has 0 aromatic heterocycles. The highest BCUT2D eigenvalue weighted by atomic mass is 16.4. The van der Waals surface area contributed by atoms with Gasteiger partial charge in [-0.25, -0.2) is 4.79 Å². The van der Waals surface area contributed by atoms with Crippen LogP contribution in [0, 0.1) is 34.0 Å². The van der Waals surface area contributed by atoms with Gasteiger partial charge in [0.05, 0.1) is 0 Å². The molecule has 5 atom stereocenters. The first-order valence-electron chi connectivity index (χ1n) is 12.5. The van der Waals surface area contributed by atoms with Crippen LogP contribution in [0.15, 0.2) is 23.3 Å². The molecule has 0 aliphatic heterocycles. The molecule has 3 aliphatic rings. The number of carbonyl (C=O) groups excluding carboxylic acids is 3. The Bertz CT molecular complexity index is 923. The molecule has 3 rings (SSSR count). The largest absolute Gasteiger partial charge is 0.478 e. The lowest BCUT2D eigenvalue weighted by atomic mass is 9.47. The first kappa shape index (κ1) is 25.6. The average molecular weight is 457 g/mol. The summed E-state index contributed by atoms with van der Waals surface area (Å²) in [5.41, 5.74) is 0.485. The van der Waals surface area contributed by atoms with Crippen molar-refractivity contribution >= 4 is 23.3 Å². The van der Waals surface area contributed by atoms with Crippen LogP contribution in [0.25, 0.3) is 0 Å². The van der Waals surface area contributed by atoms with E-state index in [1.807, 2.05) is 19.9 Å². The Kier molecular flexibility index (Phi) is 6.94. The summed E-state index contributed by atoms with van der Waals surface area (Å²) < 4.78 is 0. The first-order valence-corrected chi connectivity index (χ1v) is 12.5. The third-order valence-corrected chi connectivity index (χ3v) is 9.46. The Labute approximate surface area is 198 Å². The molecule has 5 nitrogen and oxygen atoms in total. The lowest BCUT2D eigenvalue weighted by molar-refractivity contribution is -0.141. The van der Waals surface area contributed by atoms with E-state index in [0.29, 0.717) is 43.5 Å². The molecule has 0 saturated heterocycles. The van der Waals surface area contributed by atoms with Crippen molar-refractivity contribution < 1.29 is 24.3 Å². The highest BCUT2D eigenvalue weighted by Crippen LogP contribution is 2.65. The molecule has 0 aromatic rings. The molecule has 182 valence electrons. The van der Waals surface area contributed by atoms with Crippen LogP contribution in [0.4, 0.5) is 0 Å². The Morgan fingerprint density at radius 1 is 1.18 bits per heavy atom. The number of aliphatic carboxylic acids is 1. The lowest BCUT2D eigenvalue weighted by Crippen LogP contribution is -2.52. The number of ketones is 3. The monoisotopic (exact) mass is 456 g/mol. The van der Waals surface area contributed by atoms with E-state index in [9.17, 15) is 19.2 Å². The summed E-state index contributed by atoms with van der Waals surface area (Å²) in [5.74, 6) is -0.0629. The Balaban J connectivity index is 1.67. The molecule has 0 spiro atoms. The van der Waals surface area contributed by atoms with E-state index in [4.69, 9.17) is 5.11 Å². The molecule has 5 heteroatoms. The van der Waals surface area contributed by atoms with Gasteiger partial charge < -0.3 is 5.11 Å². The summed E-state index contributed by atoms with van der Waals surface area (Å²) in [6.07, 6.45) is 8.85. The molecular weight excluding hydrogens is 416 g/mol. The van der Waals surface area contributed by atoms with Crippen molar-refractivity contribution in [2.24, 2.45) is 34.0 Å². The van der Waals surface area contributed by atoms with Crippen molar-refractivity contribution in [3.63, 3.8) is 0 Å². The third-order valence-electron chi connectivity index (χ3n) is 9.46. The normalized spacial score (nSPS) is 34.4. The number of carbonyl (C=O) groups is 4. The van der Waals surface area contributed by atoms with Crippen LogP contribution in [0.2, 0.25) is 0 Å². The van der Waals surface area contributed by atoms with E-state index in [1.54, 1.807) is 13.0 Å². The van der Waals surface area contributed by atoms with Crippen molar-refractivity contribution in [3.05, 3.63) is 23.3 Å². The fourth-order valence-electron chi connectivity index (χ4n) is 6.90. The van der Waals surface area contributed by atoms with Crippen LogP contribution < -0.4 is 0 Å². The van der Waals surface area contributed by atoms with Crippen LogP contribution in [-0.2, 0) is 19.2 Å².